The topological polar surface area (TPSA) is 69.9 Å². The molecule has 0 fully saturated rings. The number of nitrogens with one attached hydrogen (secondary N) is 2. The highest BCUT2D eigenvalue weighted by molar-refractivity contribution is 14.0. The molecule has 0 bridgehead atoms. The number of halogens is 1. The van der Waals surface area contributed by atoms with Gasteiger partial charge in [-0.2, -0.15) is 0 Å². The van der Waals surface area contributed by atoms with Crippen molar-refractivity contribution >= 4 is 35.8 Å². The van der Waals surface area contributed by atoms with Crippen molar-refractivity contribution in [3.8, 4) is 0 Å². The lowest BCUT2D eigenvalue weighted by molar-refractivity contribution is 0.0927. The van der Waals surface area contributed by atoms with Gasteiger partial charge in [-0.3, -0.25) is 9.79 Å². The summed E-state index contributed by atoms with van der Waals surface area (Å²) in [5.74, 6) is 0.910. The lowest BCUT2D eigenvalue weighted by Crippen LogP contribution is -2.39. The second-order valence-electron chi connectivity index (χ2n) is 5.99. The highest BCUT2D eigenvalue weighted by Gasteiger charge is 2.08. The van der Waals surface area contributed by atoms with Crippen LogP contribution in [-0.4, -0.2) is 43.4 Å². The van der Waals surface area contributed by atoms with Gasteiger partial charge in [-0.05, 0) is 36.6 Å². The van der Waals surface area contributed by atoms with Crippen LogP contribution in [0.25, 0.3) is 0 Å². The van der Waals surface area contributed by atoms with E-state index in [9.17, 15) is 4.79 Å². The molecule has 2 aromatic rings. The molecule has 1 aromatic heterocycles. The molecule has 2 rings (SSSR count). The quantitative estimate of drug-likeness (QED) is 0.261. The number of aliphatic imine (C=N–C) groups is 1. The van der Waals surface area contributed by atoms with Crippen molar-refractivity contribution in [1.82, 2.24) is 15.5 Å². The SMILES string of the molecule is CCNC(=NCCNC(=O)c1ccco1)N(C)Cc1ccc(CC)cc1.I. The molecule has 7 heteroatoms. The molecule has 2 N–H and O–H groups in total. The minimum absolute atomic E-state index is 0. The predicted molar refractivity (Wildman–Crippen MR) is 120 cm³/mol. The Bertz CT molecular complexity index is 699. The highest BCUT2D eigenvalue weighted by atomic mass is 127. The normalized spacial score (nSPS) is 10.9. The number of benzene rings is 1. The zero-order valence-corrected chi connectivity index (χ0v) is 18.5. The molecule has 1 aromatic carbocycles. The molecule has 6 nitrogen and oxygen atoms in total. The zero-order valence-electron chi connectivity index (χ0n) is 16.2. The molecule has 0 radical (unpaired) electrons. The number of hydrogen-bond acceptors (Lipinski definition) is 3. The minimum atomic E-state index is -0.223. The summed E-state index contributed by atoms with van der Waals surface area (Å²) in [6.07, 6.45) is 2.53. The smallest absolute Gasteiger partial charge is 0.287 e. The van der Waals surface area contributed by atoms with Gasteiger partial charge < -0.3 is 20.0 Å². The molecule has 0 unspecified atom stereocenters. The molecule has 27 heavy (non-hydrogen) atoms. The molecule has 1 amide bonds. The molecule has 0 saturated carbocycles. The van der Waals surface area contributed by atoms with Crippen molar-refractivity contribution in [1.29, 1.82) is 0 Å². The van der Waals surface area contributed by atoms with E-state index in [2.05, 4.69) is 51.7 Å². The van der Waals surface area contributed by atoms with E-state index in [1.165, 1.54) is 17.4 Å². The second-order valence-corrected chi connectivity index (χ2v) is 5.99. The van der Waals surface area contributed by atoms with E-state index >= 15 is 0 Å². The summed E-state index contributed by atoms with van der Waals surface area (Å²) in [4.78, 5) is 18.5. The number of guanidine groups is 1. The van der Waals surface area contributed by atoms with Crippen molar-refractivity contribution < 1.29 is 9.21 Å². The standard InChI is InChI=1S/C20H28N4O2.HI/c1-4-16-8-10-17(11-9-16)15-24(3)20(21-5-2)23-13-12-22-19(25)18-7-6-14-26-18;/h6-11,14H,4-5,12-13,15H2,1-3H3,(H,21,23)(H,22,25);1H. The van der Waals surface area contributed by atoms with Crippen molar-refractivity contribution in [2.45, 2.75) is 26.8 Å². The summed E-state index contributed by atoms with van der Waals surface area (Å²) in [7, 11) is 2.01. The molecular weight excluding hydrogens is 455 g/mol. The Morgan fingerprint density at radius 3 is 2.41 bits per heavy atom. The summed E-state index contributed by atoms with van der Waals surface area (Å²) in [6.45, 7) is 6.70. The zero-order chi connectivity index (χ0) is 18.8. The third-order valence-electron chi connectivity index (χ3n) is 3.95. The molecule has 0 spiro atoms. The van der Waals surface area contributed by atoms with E-state index in [4.69, 9.17) is 4.42 Å². The maximum Gasteiger partial charge on any atom is 0.287 e. The van der Waals surface area contributed by atoms with Gasteiger partial charge in [0.15, 0.2) is 11.7 Å². The molecule has 0 aliphatic heterocycles. The Balaban J connectivity index is 0.00000364. The predicted octanol–water partition coefficient (Wildman–Crippen LogP) is 3.29. The van der Waals surface area contributed by atoms with Crippen LogP contribution in [0.4, 0.5) is 0 Å². The van der Waals surface area contributed by atoms with Crippen molar-refractivity contribution in [2.24, 2.45) is 4.99 Å². The summed E-state index contributed by atoms with van der Waals surface area (Å²) in [5.41, 5.74) is 2.57. The first-order valence-electron chi connectivity index (χ1n) is 9.03. The van der Waals surface area contributed by atoms with Crippen LogP contribution in [0.3, 0.4) is 0 Å². The average molecular weight is 484 g/mol. The van der Waals surface area contributed by atoms with E-state index < -0.39 is 0 Å². The number of hydrogen-bond donors (Lipinski definition) is 2. The van der Waals surface area contributed by atoms with Gasteiger partial charge in [0, 0.05) is 26.7 Å². The number of furan rings is 1. The number of nitrogens with zero attached hydrogens (tertiary/aromatic N) is 2. The van der Waals surface area contributed by atoms with Gasteiger partial charge in [0.2, 0.25) is 0 Å². The average Bonchev–Trinajstić information content (AvgIpc) is 3.19. The number of carbonyl (C=O) groups excluding carboxylic acids is 1. The molecule has 0 aliphatic carbocycles. The fraction of sp³-hybridized carbons (Fsp3) is 0.400. The minimum Gasteiger partial charge on any atom is -0.459 e. The van der Waals surface area contributed by atoms with Crippen LogP contribution in [0.1, 0.15) is 35.5 Å². The molecule has 148 valence electrons. The Morgan fingerprint density at radius 1 is 1.11 bits per heavy atom. The summed E-state index contributed by atoms with van der Waals surface area (Å²) < 4.78 is 5.06. The first-order chi connectivity index (χ1) is 12.6. The lowest BCUT2D eigenvalue weighted by atomic mass is 10.1. The van der Waals surface area contributed by atoms with Gasteiger partial charge in [-0.25, -0.2) is 0 Å². The fourth-order valence-electron chi connectivity index (χ4n) is 2.52. The lowest BCUT2D eigenvalue weighted by Gasteiger charge is -2.22. The monoisotopic (exact) mass is 484 g/mol. The van der Waals surface area contributed by atoms with E-state index in [1.807, 2.05) is 14.0 Å². The summed E-state index contributed by atoms with van der Waals surface area (Å²) >= 11 is 0. The van der Waals surface area contributed by atoms with E-state index in [1.54, 1.807) is 12.1 Å². The van der Waals surface area contributed by atoms with E-state index in [-0.39, 0.29) is 29.9 Å². The molecule has 0 atom stereocenters. The van der Waals surface area contributed by atoms with Crippen molar-refractivity contribution in [2.75, 3.05) is 26.7 Å². The Kier molecular flexibility index (Phi) is 10.5. The third-order valence-corrected chi connectivity index (χ3v) is 3.95. The molecule has 0 aliphatic rings. The number of carbonyl (C=O) groups is 1. The maximum absolute atomic E-state index is 11.8. The third kappa shape index (κ3) is 7.62. The van der Waals surface area contributed by atoms with Gasteiger partial charge in [-0.15, -0.1) is 24.0 Å². The Labute approximate surface area is 178 Å². The van der Waals surface area contributed by atoms with E-state index in [0.29, 0.717) is 18.8 Å². The highest BCUT2D eigenvalue weighted by Crippen LogP contribution is 2.07. The van der Waals surface area contributed by atoms with Gasteiger partial charge >= 0.3 is 0 Å². The van der Waals surface area contributed by atoms with Crippen LogP contribution in [0, 0.1) is 0 Å². The second kappa shape index (κ2) is 12.4. The summed E-state index contributed by atoms with van der Waals surface area (Å²) in [5, 5.41) is 6.08. The van der Waals surface area contributed by atoms with Gasteiger partial charge in [-0.1, -0.05) is 31.2 Å². The van der Waals surface area contributed by atoms with Crippen LogP contribution in [-0.2, 0) is 13.0 Å². The molecular formula is C20H29IN4O2. The largest absolute Gasteiger partial charge is 0.459 e. The van der Waals surface area contributed by atoms with Gasteiger partial charge in [0.25, 0.3) is 5.91 Å². The van der Waals surface area contributed by atoms with Crippen LogP contribution < -0.4 is 10.6 Å². The molecule has 0 saturated heterocycles. The molecule has 1 heterocycles. The van der Waals surface area contributed by atoms with Gasteiger partial charge in [0.1, 0.15) is 0 Å². The van der Waals surface area contributed by atoms with Crippen LogP contribution in [0.15, 0.2) is 52.1 Å². The van der Waals surface area contributed by atoms with E-state index in [0.717, 1.165) is 25.5 Å². The summed E-state index contributed by atoms with van der Waals surface area (Å²) in [6, 6.07) is 12.0. The van der Waals surface area contributed by atoms with Gasteiger partial charge in [0.05, 0.1) is 12.8 Å². The van der Waals surface area contributed by atoms with Crippen LogP contribution in [0.5, 0.6) is 0 Å². The number of amides is 1. The fourth-order valence-corrected chi connectivity index (χ4v) is 2.52. The Hall–Kier alpha value is -2.03. The maximum atomic E-state index is 11.8. The number of aryl methyl sites for hydroxylation is 1. The number of rotatable bonds is 8. The van der Waals surface area contributed by atoms with Crippen molar-refractivity contribution in [3.63, 3.8) is 0 Å². The Morgan fingerprint density at radius 2 is 1.81 bits per heavy atom. The first-order valence-corrected chi connectivity index (χ1v) is 9.03. The van der Waals surface area contributed by atoms with Crippen LogP contribution in [0.2, 0.25) is 0 Å². The van der Waals surface area contributed by atoms with Crippen LogP contribution >= 0.6 is 24.0 Å². The first kappa shape index (κ1) is 23.0. The van der Waals surface area contributed by atoms with Crippen molar-refractivity contribution in [3.05, 3.63) is 59.5 Å².